The Hall–Kier alpha value is 0.630. The second kappa shape index (κ2) is 5.50. The molecule has 0 bridgehead atoms. The summed E-state index contributed by atoms with van der Waals surface area (Å²) in [4.78, 5) is 10.8. The molecule has 2 atom stereocenters. The molecule has 0 aliphatic carbocycles. The predicted octanol–water partition coefficient (Wildman–Crippen LogP) is 2.96. The van der Waals surface area contributed by atoms with E-state index in [2.05, 4.69) is 4.74 Å². The van der Waals surface area contributed by atoms with Gasteiger partial charge in [-0.1, -0.05) is 0 Å². The molecule has 0 rings (SSSR count). The van der Waals surface area contributed by atoms with Crippen molar-refractivity contribution >= 4 is 52.4 Å². The molecule has 0 saturated carbocycles. The average molecular weight is 268 g/mol. The molecule has 0 amide bonds. The number of ether oxygens (including phenoxy) is 1. The van der Waals surface area contributed by atoms with Gasteiger partial charge in [-0.3, -0.25) is 4.79 Å². The van der Waals surface area contributed by atoms with E-state index >= 15 is 0 Å². The number of rotatable bonds is 4. The molecule has 2 unspecified atom stereocenters. The highest BCUT2D eigenvalue weighted by atomic mass is 35.5. The number of carbonyl (C=O) groups is 1. The first kappa shape index (κ1) is 13.6. The van der Waals surface area contributed by atoms with E-state index < -0.39 is 21.1 Å². The monoisotopic (exact) mass is 266 g/mol. The van der Waals surface area contributed by atoms with Gasteiger partial charge in [-0.05, 0) is 6.92 Å². The van der Waals surface area contributed by atoms with Crippen LogP contribution in [-0.2, 0) is 9.53 Å². The maximum absolute atomic E-state index is 10.8. The van der Waals surface area contributed by atoms with Crippen molar-refractivity contribution in [3.05, 3.63) is 0 Å². The van der Waals surface area contributed by atoms with Crippen LogP contribution in [0.1, 0.15) is 13.3 Å². The van der Waals surface area contributed by atoms with E-state index in [4.69, 9.17) is 46.4 Å². The molecule has 0 aromatic heterocycles. The highest BCUT2D eigenvalue weighted by Gasteiger charge is 2.34. The van der Waals surface area contributed by atoms with Crippen molar-refractivity contribution in [2.45, 2.75) is 28.4 Å². The van der Waals surface area contributed by atoms with Gasteiger partial charge in [0.15, 0.2) is 0 Å². The molecule has 13 heavy (non-hydrogen) atoms. The van der Waals surface area contributed by atoms with Crippen molar-refractivity contribution in [2.24, 2.45) is 0 Å². The summed E-state index contributed by atoms with van der Waals surface area (Å²) >= 11 is 23.0. The fraction of sp³-hybridized carbons (Fsp3) is 0.857. The van der Waals surface area contributed by atoms with Gasteiger partial charge in [0.25, 0.3) is 0 Å². The van der Waals surface area contributed by atoms with Crippen molar-refractivity contribution < 1.29 is 9.53 Å². The van der Waals surface area contributed by atoms with E-state index in [0.717, 1.165) is 0 Å². The van der Waals surface area contributed by atoms with Crippen LogP contribution in [0.4, 0.5) is 0 Å². The number of carbonyl (C=O) groups excluding carboxylic acids is 1. The lowest BCUT2D eigenvalue weighted by Gasteiger charge is -2.23. The fourth-order valence-electron chi connectivity index (χ4n) is 0.664. The molecule has 0 spiro atoms. The van der Waals surface area contributed by atoms with Gasteiger partial charge < -0.3 is 4.74 Å². The van der Waals surface area contributed by atoms with Gasteiger partial charge in [-0.15, -0.1) is 46.4 Å². The summed E-state index contributed by atoms with van der Waals surface area (Å²) < 4.78 is 3.25. The Morgan fingerprint density at radius 1 is 1.46 bits per heavy atom. The zero-order chi connectivity index (χ0) is 10.6. The van der Waals surface area contributed by atoms with Crippen LogP contribution >= 0.6 is 46.4 Å². The van der Waals surface area contributed by atoms with Crippen molar-refractivity contribution in [3.8, 4) is 0 Å². The van der Waals surface area contributed by atoms with Gasteiger partial charge in [0, 0.05) is 0 Å². The van der Waals surface area contributed by atoms with Crippen LogP contribution in [0.2, 0.25) is 0 Å². The summed E-state index contributed by atoms with van der Waals surface area (Å²) in [5.41, 5.74) is 0. The fourth-order valence-corrected chi connectivity index (χ4v) is 1.56. The molecular weight excluding hydrogens is 258 g/mol. The van der Waals surface area contributed by atoms with Crippen LogP contribution in [-0.4, -0.2) is 28.2 Å². The number of alkyl halides is 4. The molecule has 0 saturated heterocycles. The van der Waals surface area contributed by atoms with Crippen LogP contribution in [0, 0.1) is 0 Å². The van der Waals surface area contributed by atoms with Gasteiger partial charge in [-0.25, -0.2) is 0 Å². The van der Waals surface area contributed by atoms with Gasteiger partial charge in [0.05, 0.1) is 24.3 Å². The maximum Gasteiger partial charge on any atom is 0.307 e. The van der Waals surface area contributed by atoms with E-state index in [1.807, 2.05) is 0 Å². The molecule has 0 heterocycles. The number of methoxy groups -OCH3 is 1. The quantitative estimate of drug-likeness (QED) is 0.578. The number of hydrogen-bond donors (Lipinski definition) is 0. The van der Waals surface area contributed by atoms with Gasteiger partial charge in [0.1, 0.15) is 4.33 Å². The summed E-state index contributed by atoms with van der Waals surface area (Å²) in [6.45, 7) is 1.51. The minimum atomic E-state index is -1.16. The second-order valence-electron chi connectivity index (χ2n) is 2.65. The first-order valence-electron chi connectivity index (χ1n) is 3.51. The zero-order valence-electron chi connectivity index (χ0n) is 7.19. The molecule has 0 fully saturated rings. The van der Waals surface area contributed by atoms with Crippen molar-refractivity contribution in [3.63, 3.8) is 0 Å². The van der Waals surface area contributed by atoms with Crippen LogP contribution < -0.4 is 0 Å². The van der Waals surface area contributed by atoms with E-state index in [1.54, 1.807) is 0 Å². The molecule has 0 radical (unpaired) electrons. The van der Waals surface area contributed by atoms with Crippen LogP contribution in [0.15, 0.2) is 0 Å². The Labute approximate surface area is 97.4 Å². The third-order valence-corrected chi connectivity index (χ3v) is 3.36. The summed E-state index contributed by atoms with van der Waals surface area (Å²) in [5.74, 6) is -0.441. The number of halogens is 4. The molecule has 0 aliphatic heterocycles. The molecule has 0 N–H and O–H groups in total. The van der Waals surface area contributed by atoms with E-state index in [-0.39, 0.29) is 6.42 Å². The Kier molecular flexibility index (Phi) is 5.76. The standard InChI is InChI=1S/C7H10Cl4O2/c1-7(10,11)6(9)4(8)3-5(12)13-2/h4,6H,3H2,1-2H3. The third-order valence-electron chi connectivity index (χ3n) is 1.39. The SMILES string of the molecule is COC(=O)CC(Cl)C(Cl)C(C)(Cl)Cl. The highest BCUT2D eigenvalue weighted by Crippen LogP contribution is 2.34. The van der Waals surface area contributed by atoms with Crippen LogP contribution in [0.5, 0.6) is 0 Å². The Bertz CT molecular complexity index is 178. The van der Waals surface area contributed by atoms with Gasteiger partial charge in [0.2, 0.25) is 0 Å². The van der Waals surface area contributed by atoms with Crippen molar-refractivity contribution in [1.82, 2.24) is 0 Å². The normalized spacial score (nSPS) is 16.5. The summed E-state index contributed by atoms with van der Waals surface area (Å²) in [7, 11) is 1.27. The minimum absolute atomic E-state index is 0.0126. The van der Waals surface area contributed by atoms with E-state index in [0.29, 0.717) is 0 Å². The molecular formula is C7H10Cl4O2. The smallest absolute Gasteiger partial charge is 0.307 e. The van der Waals surface area contributed by atoms with Crippen LogP contribution in [0.3, 0.4) is 0 Å². The Balaban J connectivity index is 4.11. The highest BCUT2D eigenvalue weighted by molar-refractivity contribution is 6.53. The predicted molar refractivity (Wildman–Crippen MR) is 56.0 cm³/mol. The van der Waals surface area contributed by atoms with Crippen molar-refractivity contribution in [2.75, 3.05) is 7.11 Å². The lowest BCUT2D eigenvalue weighted by Crippen LogP contribution is -2.32. The van der Waals surface area contributed by atoms with E-state index in [9.17, 15) is 4.79 Å². The van der Waals surface area contributed by atoms with Gasteiger partial charge in [-0.2, -0.15) is 0 Å². The maximum atomic E-state index is 10.8. The lowest BCUT2D eigenvalue weighted by molar-refractivity contribution is -0.140. The summed E-state index contributed by atoms with van der Waals surface area (Å²) in [6.07, 6.45) is -0.0126. The second-order valence-corrected chi connectivity index (χ2v) is 5.45. The third kappa shape index (κ3) is 5.16. The summed E-state index contributed by atoms with van der Waals surface area (Å²) in [5, 5.41) is -1.36. The molecule has 78 valence electrons. The largest absolute Gasteiger partial charge is 0.469 e. The number of hydrogen-bond acceptors (Lipinski definition) is 2. The molecule has 6 heteroatoms. The van der Waals surface area contributed by atoms with Crippen LogP contribution in [0.25, 0.3) is 0 Å². The summed E-state index contributed by atoms with van der Waals surface area (Å²) in [6, 6.07) is 0. The Morgan fingerprint density at radius 3 is 2.23 bits per heavy atom. The Morgan fingerprint density at radius 2 is 1.92 bits per heavy atom. The zero-order valence-corrected chi connectivity index (χ0v) is 10.2. The molecule has 0 aliphatic rings. The number of esters is 1. The van der Waals surface area contributed by atoms with Gasteiger partial charge >= 0.3 is 5.97 Å². The topological polar surface area (TPSA) is 26.3 Å². The molecule has 0 aromatic rings. The molecule has 0 aromatic carbocycles. The first-order valence-corrected chi connectivity index (χ1v) is 5.14. The minimum Gasteiger partial charge on any atom is -0.469 e. The molecule has 2 nitrogen and oxygen atoms in total. The van der Waals surface area contributed by atoms with E-state index in [1.165, 1.54) is 14.0 Å². The average Bonchev–Trinajstić information content (AvgIpc) is 2.01. The van der Waals surface area contributed by atoms with Crippen molar-refractivity contribution in [1.29, 1.82) is 0 Å². The first-order chi connectivity index (χ1) is 5.79. The lowest BCUT2D eigenvalue weighted by atomic mass is 10.2.